The minimum Gasteiger partial charge on any atom is -0.254 e. The Morgan fingerprint density at radius 1 is 1.24 bits per heavy atom. The first-order valence-corrected chi connectivity index (χ1v) is 6.28. The van der Waals surface area contributed by atoms with E-state index in [0.717, 1.165) is 16.2 Å². The summed E-state index contributed by atoms with van der Waals surface area (Å²) in [6.07, 6.45) is 1.99. The van der Waals surface area contributed by atoms with Crippen molar-refractivity contribution in [3.63, 3.8) is 0 Å². The van der Waals surface area contributed by atoms with E-state index in [-0.39, 0.29) is 0 Å². The molecule has 17 heavy (non-hydrogen) atoms. The van der Waals surface area contributed by atoms with Crippen LogP contribution in [0.1, 0.15) is 0 Å². The SMILES string of the molecule is CSc1nc2ccccc2n1-c1nnnn1C. The molecule has 0 aliphatic rings. The zero-order valence-electron chi connectivity index (χ0n) is 9.40. The smallest absolute Gasteiger partial charge is 0.254 e. The Labute approximate surface area is 102 Å². The minimum absolute atomic E-state index is 0.669. The first kappa shape index (κ1) is 10.3. The molecule has 0 unspecified atom stereocenters. The standard InChI is InChI=1S/C10H10N6S/c1-15-9(12-13-14-15)16-8-6-4-3-5-7(8)11-10(16)17-2/h3-6H,1-2H3. The largest absolute Gasteiger partial charge is 0.256 e. The van der Waals surface area contributed by atoms with Crippen molar-refractivity contribution in [1.82, 2.24) is 29.8 Å². The van der Waals surface area contributed by atoms with Crippen LogP contribution in [0.25, 0.3) is 17.0 Å². The third-order valence-electron chi connectivity index (χ3n) is 2.51. The van der Waals surface area contributed by atoms with Crippen molar-refractivity contribution in [3.05, 3.63) is 24.3 Å². The van der Waals surface area contributed by atoms with Crippen LogP contribution in [-0.4, -0.2) is 36.0 Å². The number of hydrogen-bond donors (Lipinski definition) is 0. The molecule has 3 rings (SSSR count). The molecule has 0 amide bonds. The van der Waals surface area contributed by atoms with E-state index in [4.69, 9.17) is 0 Å². The van der Waals surface area contributed by atoms with Crippen LogP contribution >= 0.6 is 11.8 Å². The van der Waals surface area contributed by atoms with Gasteiger partial charge in [-0.3, -0.25) is 4.57 Å². The number of thioether (sulfide) groups is 1. The topological polar surface area (TPSA) is 61.4 Å². The van der Waals surface area contributed by atoms with Crippen molar-refractivity contribution in [3.8, 4) is 5.95 Å². The summed E-state index contributed by atoms with van der Waals surface area (Å²) in [5, 5.41) is 12.4. The second-order valence-corrected chi connectivity index (χ2v) is 4.30. The van der Waals surface area contributed by atoms with Gasteiger partial charge < -0.3 is 0 Å². The molecule has 0 bridgehead atoms. The van der Waals surface area contributed by atoms with Gasteiger partial charge in [0.25, 0.3) is 5.95 Å². The van der Waals surface area contributed by atoms with Crippen LogP contribution in [0.4, 0.5) is 0 Å². The molecule has 3 aromatic rings. The van der Waals surface area contributed by atoms with Gasteiger partial charge in [-0.1, -0.05) is 29.0 Å². The molecular weight excluding hydrogens is 236 g/mol. The molecule has 0 aliphatic carbocycles. The highest BCUT2D eigenvalue weighted by molar-refractivity contribution is 7.98. The van der Waals surface area contributed by atoms with Gasteiger partial charge in [0, 0.05) is 7.05 Å². The second kappa shape index (κ2) is 3.85. The van der Waals surface area contributed by atoms with E-state index in [0.29, 0.717) is 5.95 Å². The molecule has 0 aliphatic heterocycles. The normalized spacial score (nSPS) is 11.2. The van der Waals surface area contributed by atoms with Gasteiger partial charge in [0.1, 0.15) is 0 Å². The van der Waals surface area contributed by atoms with Gasteiger partial charge in [-0.15, -0.1) is 0 Å². The van der Waals surface area contributed by atoms with E-state index in [1.54, 1.807) is 16.4 Å². The molecule has 0 atom stereocenters. The Hall–Kier alpha value is -1.89. The fourth-order valence-electron chi connectivity index (χ4n) is 1.75. The lowest BCUT2D eigenvalue weighted by Gasteiger charge is -2.04. The molecule has 0 saturated heterocycles. The van der Waals surface area contributed by atoms with E-state index in [1.807, 2.05) is 42.1 Å². The molecule has 0 saturated carbocycles. The van der Waals surface area contributed by atoms with Crippen molar-refractivity contribution in [2.75, 3.05) is 6.26 Å². The summed E-state index contributed by atoms with van der Waals surface area (Å²) in [6, 6.07) is 7.94. The molecule has 86 valence electrons. The van der Waals surface area contributed by atoms with Crippen molar-refractivity contribution in [2.45, 2.75) is 5.16 Å². The Morgan fingerprint density at radius 2 is 2.06 bits per heavy atom. The molecular formula is C10H10N6S. The lowest BCUT2D eigenvalue weighted by atomic mass is 10.3. The molecule has 0 spiro atoms. The first-order valence-electron chi connectivity index (χ1n) is 5.05. The molecule has 2 aromatic heterocycles. The lowest BCUT2D eigenvalue weighted by Crippen LogP contribution is -2.05. The van der Waals surface area contributed by atoms with Gasteiger partial charge in [-0.2, -0.15) is 0 Å². The third-order valence-corrected chi connectivity index (χ3v) is 3.15. The fourth-order valence-corrected chi connectivity index (χ4v) is 2.30. The third kappa shape index (κ3) is 1.50. The second-order valence-electron chi connectivity index (χ2n) is 3.53. The number of imidazole rings is 1. The van der Waals surface area contributed by atoms with E-state index in [1.165, 1.54) is 0 Å². The highest BCUT2D eigenvalue weighted by Crippen LogP contribution is 2.24. The fraction of sp³-hybridized carbons (Fsp3) is 0.200. The van der Waals surface area contributed by atoms with Crippen molar-refractivity contribution in [2.24, 2.45) is 7.05 Å². The number of tetrazole rings is 1. The van der Waals surface area contributed by atoms with E-state index >= 15 is 0 Å². The van der Waals surface area contributed by atoms with Gasteiger partial charge in [0.05, 0.1) is 11.0 Å². The Kier molecular flexibility index (Phi) is 2.32. The van der Waals surface area contributed by atoms with Crippen LogP contribution in [0.5, 0.6) is 0 Å². The minimum atomic E-state index is 0.669. The van der Waals surface area contributed by atoms with Gasteiger partial charge in [-0.05, 0) is 28.8 Å². The number of hydrogen-bond acceptors (Lipinski definition) is 5. The molecule has 0 fully saturated rings. The number of para-hydroxylation sites is 2. The first-order chi connectivity index (χ1) is 8.31. The van der Waals surface area contributed by atoms with Crippen LogP contribution in [0.3, 0.4) is 0 Å². The maximum absolute atomic E-state index is 4.55. The maximum Gasteiger partial charge on any atom is 0.256 e. The van der Waals surface area contributed by atoms with Crippen LogP contribution < -0.4 is 0 Å². The molecule has 0 radical (unpaired) electrons. The molecule has 0 N–H and O–H groups in total. The summed E-state index contributed by atoms with van der Waals surface area (Å²) in [4.78, 5) is 4.55. The van der Waals surface area contributed by atoms with Gasteiger partial charge >= 0.3 is 0 Å². The number of benzene rings is 1. The van der Waals surface area contributed by atoms with Crippen molar-refractivity contribution in [1.29, 1.82) is 0 Å². The van der Waals surface area contributed by atoms with Crippen LogP contribution in [0.15, 0.2) is 29.4 Å². The predicted octanol–water partition coefficient (Wildman–Crippen LogP) is 1.27. The zero-order valence-corrected chi connectivity index (χ0v) is 10.2. The quantitative estimate of drug-likeness (QED) is 0.637. The average Bonchev–Trinajstić information content (AvgIpc) is 2.91. The Bertz CT molecular complexity index is 670. The summed E-state index contributed by atoms with van der Waals surface area (Å²) >= 11 is 1.57. The summed E-state index contributed by atoms with van der Waals surface area (Å²) < 4.78 is 3.59. The highest BCUT2D eigenvalue weighted by Gasteiger charge is 2.15. The zero-order chi connectivity index (χ0) is 11.8. The van der Waals surface area contributed by atoms with Gasteiger partial charge in [0.2, 0.25) is 0 Å². The van der Waals surface area contributed by atoms with Crippen molar-refractivity contribution < 1.29 is 0 Å². The van der Waals surface area contributed by atoms with Crippen LogP contribution in [-0.2, 0) is 7.05 Å². The van der Waals surface area contributed by atoms with Gasteiger partial charge in [0.15, 0.2) is 5.16 Å². The van der Waals surface area contributed by atoms with E-state index in [9.17, 15) is 0 Å². The van der Waals surface area contributed by atoms with E-state index in [2.05, 4.69) is 20.5 Å². The Morgan fingerprint density at radius 3 is 2.76 bits per heavy atom. The highest BCUT2D eigenvalue weighted by atomic mass is 32.2. The molecule has 6 nitrogen and oxygen atoms in total. The number of aryl methyl sites for hydroxylation is 1. The number of aromatic nitrogens is 6. The Balaban J connectivity index is 2.37. The molecule has 1 aromatic carbocycles. The summed E-state index contributed by atoms with van der Waals surface area (Å²) in [5.41, 5.74) is 1.95. The maximum atomic E-state index is 4.55. The summed E-state index contributed by atoms with van der Waals surface area (Å²) in [7, 11) is 1.81. The number of nitrogens with zero attached hydrogens (tertiary/aromatic N) is 6. The van der Waals surface area contributed by atoms with Gasteiger partial charge in [-0.25, -0.2) is 9.67 Å². The van der Waals surface area contributed by atoms with Crippen molar-refractivity contribution >= 4 is 22.8 Å². The monoisotopic (exact) mass is 246 g/mol. The number of rotatable bonds is 2. The predicted molar refractivity (Wildman–Crippen MR) is 65.2 cm³/mol. The molecule has 2 heterocycles. The van der Waals surface area contributed by atoms with Crippen LogP contribution in [0.2, 0.25) is 0 Å². The van der Waals surface area contributed by atoms with E-state index < -0.39 is 0 Å². The van der Waals surface area contributed by atoms with Crippen LogP contribution in [0, 0.1) is 0 Å². The summed E-state index contributed by atoms with van der Waals surface area (Å²) in [6.45, 7) is 0. The lowest BCUT2D eigenvalue weighted by molar-refractivity contribution is 0.682. The summed E-state index contributed by atoms with van der Waals surface area (Å²) in [5.74, 6) is 0.669. The molecule has 7 heteroatoms. The number of fused-ring (bicyclic) bond motifs is 1. The average molecular weight is 246 g/mol.